The van der Waals surface area contributed by atoms with Crippen LogP contribution >= 0.6 is 0 Å². The Bertz CT molecular complexity index is 679. The van der Waals surface area contributed by atoms with E-state index in [1.165, 1.54) is 12.1 Å². The van der Waals surface area contributed by atoms with Crippen LogP contribution in [0.2, 0.25) is 0 Å². The quantitative estimate of drug-likeness (QED) is 0.879. The Morgan fingerprint density at radius 3 is 2.58 bits per heavy atom. The van der Waals surface area contributed by atoms with E-state index in [1.54, 1.807) is 36.0 Å². The molecule has 2 aliphatic rings. The third-order valence-corrected chi connectivity index (χ3v) is 5.50. The molecule has 0 bridgehead atoms. The van der Waals surface area contributed by atoms with E-state index >= 15 is 0 Å². The van der Waals surface area contributed by atoms with Gasteiger partial charge >= 0.3 is 6.03 Å². The monoisotopic (exact) mass is 363 g/mol. The molecule has 0 aromatic heterocycles. The first-order chi connectivity index (χ1) is 12.3. The second kappa shape index (κ2) is 7.23. The highest BCUT2D eigenvalue weighted by molar-refractivity contribution is 5.89. The number of rotatable bonds is 2. The summed E-state index contributed by atoms with van der Waals surface area (Å²) in [7, 11) is 3.48. The summed E-state index contributed by atoms with van der Waals surface area (Å²) < 4.78 is 19.2. The van der Waals surface area contributed by atoms with Crippen LogP contribution in [0.5, 0.6) is 0 Å². The molecule has 1 N–H and O–H groups in total. The number of amides is 3. The lowest BCUT2D eigenvalue weighted by Gasteiger charge is -2.44. The first kappa shape index (κ1) is 18.6. The molecule has 2 heterocycles. The number of piperidine rings is 1. The number of halogens is 1. The minimum atomic E-state index is -0.382. The topological polar surface area (TPSA) is 61.9 Å². The molecule has 142 valence electrons. The molecule has 26 heavy (non-hydrogen) atoms. The number of urea groups is 1. The summed E-state index contributed by atoms with van der Waals surface area (Å²) in [6.07, 6.45) is 1.89. The number of anilines is 1. The van der Waals surface area contributed by atoms with Gasteiger partial charge in [0.25, 0.3) is 5.91 Å². The van der Waals surface area contributed by atoms with Gasteiger partial charge in [0.1, 0.15) is 11.9 Å². The minimum absolute atomic E-state index is 0.00515. The molecule has 0 saturated carbocycles. The van der Waals surface area contributed by atoms with E-state index in [-0.39, 0.29) is 35.4 Å². The highest BCUT2D eigenvalue weighted by Gasteiger charge is 2.49. The highest BCUT2D eigenvalue weighted by atomic mass is 19.1. The van der Waals surface area contributed by atoms with Gasteiger partial charge in [-0.1, -0.05) is 6.92 Å². The highest BCUT2D eigenvalue weighted by Crippen LogP contribution is 2.42. The number of carbonyl (C=O) groups excluding carboxylic acids is 2. The molecule has 7 heteroatoms. The van der Waals surface area contributed by atoms with Crippen LogP contribution < -0.4 is 5.32 Å². The van der Waals surface area contributed by atoms with Crippen molar-refractivity contribution in [2.45, 2.75) is 37.9 Å². The summed E-state index contributed by atoms with van der Waals surface area (Å²) in [5.74, 6) is -0.197. The zero-order valence-electron chi connectivity index (χ0n) is 15.5. The summed E-state index contributed by atoms with van der Waals surface area (Å²) in [6, 6.07) is 5.52. The summed E-state index contributed by atoms with van der Waals surface area (Å²) in [6.45, 7) is 3.20. The second-order valence-corrected chi connectivity index (χ2v) is 7.48. The van der Waals surface area contributed by atoms with Gasteiger partial charge in [-0.2, -0.15) is 0 Å². The zero-order chi connectivity index (χ0) is 18.9. The van der Waals surface area contributed by atoms with Crippen molar-refractivity contribution in [3.05, 3.63) is 30.1 Å². The van der Waals surface area contributed by atoms with Crippen LogP contribution in [-0.4, -0.2) is 60.6 Å². The van der Waals surface area contributed by atoms with Gasteiger partial charge in [0.05, 0.1) is 5.60 Å². The molecule has 2 fully saturated rings. The van der Waals surface area contributed by atoms with E-state index in [0.29, 0.717) is 25.2 Å². The Morgan fingerprint density at radius 2 is 1.96 bits per heavy atom. The third-order valence-electron chi connectivity index (χ3n) is 5.50. The van der Waals surface area contributed by atoms with Gasteiger partial charge in [-0.3, -0.25) is 4.79 Å². The van der Waals surface area contributed by atoms with Gasteiger partial charge in [0.15, 0.2) is 0 Å². The molecule has 0 radical (unpaired) electrons. The standard InChI is InChI=1S/C19H26FN3O3/c1-13-12-23(18(25)21-15-6-4-14(20)5-7-15)11-10-19(13)9-8-16(26-19)17(24)22(2)3/h4-7,13,16H,8-12H2,1-3H3,(H,21,25)/t13-,16?,19+/m0/s1. The summed E-state index contributed by atoms with van der Waals surface area (Å²) in [4.78, 5) is 28.0. The number of nitrogens with zero attached hydrogens (tertiary/aromatic N) is 2. The SMILES string of the molecule is C[C@H]1CN(C(=O)Nc2ccc(F)cc2)CC[C@]12CCC(C(=O)N(C)C)O2. The van der Waals surface area contributed by atoms with Crippen LogP contribution in [0.15, 0.2) is 24.3 Å². The Kier molecular flexibility index (Phi) is 5.18. The molecule has 2 saturated heterocycles. The largest absolute Gasteiger partial charge is 0.362 e. The molecular weight excluding hydrogens is 337 g/mol. The average Bonchev–Trinajstić information content (AvgIpc) is 3.04. The van der Waals surface area contributed by atoms with Gasteiger partial charge in [0.2, 0.25) is 0 Å². The zero-order valence-corrected chi connectivity index (χ0v) is 15.5. The van der Waals surface area contributed by atoms with Gasteiger partial charge < -0.3 is 19.9 Å². The van der Waals surface area contributed by atoms with E-state index in [1.807, 2.05) is 0 Å². The van der Waals surface area contributed by atoms with Crippen LogP contribution in [0.1, 0.15) is 26.2 Å². The Labute approximate surface area is 153 Å². The Morgan fingerprint density at radius 1 is 1.27 bits per heavy atom. The molecular formula is C19H26FN3O3. The lowest BCUT2D eigenvalue weighted by atomic mass is 9.80. The number of likely N-dealkylation sites (N-methyl/N-ethyl adjacent to an activating group) is 1. The second-order valence-electron chi connectivity index (χ2n) is 7.48. The molecule has 2 aliphatic heterocycles. The average molecular weight is 363 g/mol. The number of likely N-dealkylation sites (tertiary alicyclic amines) is 1. The fourth-order valence-corrected chi connectivity index (χ4v) is 3.86. The van der Waals surface area contributed by atoms with Crippen molar-refractivity contribution in [2.24, 2.45) is 5.92 Å². The normalized spacial score (nSPS) is 28.2. The first-order valence-electron chi connectivity index (χ1n) is 9.01. The molecule has 3 rings (SSSR count). The van der Waals surface area contributed by atoms with E-state index in [2.05, 4.69) is 12.2 Å². The van der Waals surface area contributed by atoms with Crippen molar-refractivity contribution in [1.29, 1.82) is 0 Å². The van der Waals surface area contributed by atoms with E-state index in [9.17, 15) is 14.0 Å². The summed E-state index contributed by atoms with van der Waals surface area (Å²) in [5.41, 5.74) is 0.237. The van der Waals surface area contributed by atoms with Crippen LogP contribution in [-0.2, 0) is 9.53 Å². The molecule has 1 spiro atoms. The van der Waals surface area contributed by atoms with E-state index in [4.69, 9.17) is 4.74 Å². The van der Waals surface area contributed by atoms with E-state index in [0.717, 1.165) is 12.8 Å². The molecule has 3 amide bonds. The smallest absolute Gasteiger partial charge is 0.321 e. The molecule has 3 atom stereocenters. The van der Waals surface area contributed by atoms with Crippen molar-refractivity contribution < 1.29 is 18.7 Å². The van der Waals surface area contributed by atoms with E-state index < -0.39 is 0 Å². The first-order valence-corrected chi connectivity index (χ1v) is 9.01. The maximum absolute atomic E-state index is 13.0. The molecule has 1 aromatic carbocycles. The molecule has 0 aliphatic carbocycles. The molecule has 1 aromatic rings. The molecule has 1 unspecified atom stereocenters. The van der Waals surface area contributed by atoms with Crippen molar-refractivity contribution in [2.75, 3.05) is 32.5 Å². The van der Waals surface area contributed by atoms with Crippen LogP contribution in [0.25, 0.3) is 0 Å². The van der Waals surface area contributed by atoms with Crippen molar-refractivity contribution >= 4 is 17.6 Å². The van der Waals surface area contributed by atoms with Gasteiger partial charge in [-0.05, 0) is 43.5 Å². The number of hydrogen-bond donors (Lipinski definition) is 1. The lowest BCUT2D eigenvalue weighted by molar-refractivity contribution is -0.153. The van der Waals surface area contributed by atoms with Crippen molar-refractivity contribution in [3.63, 3.8) is 0 Å². The predicted octanol–water partition coefficient (Wildman–Crippen LogP) is 2.71. The summed E-state index contributed by atoms with van der Waals surface area (Å²) >= 11 is 0. The van der Waals surface area contributed by atoms with Crippen molar-refractivity contribution in [1.82, 2.24) is 9.80 Å². The fraction of sp³-hybridized carbons (Fsp3) is 0.579. The number of hydrogen-bond acceptors (Lipinski definition) is 3. The summed E-state index contributed by atoms with van der Waals surface area (Å²) in [5, 5.41) is 2.80. The fourth-order valence-electron chi connectivity index (χ4n) is 3.86. The number of benzene rings is 1. The van der Waals surface area contributed by atoms with Crippen molar-refractivity contribution in [3.8, 4) is 0 Å². The lowest BCUT2D eigenvalue weighted by Crippen LogP contribution is -2.53. The van der Waals surface area contributed by atoms with Gasteiger partial charge in [-0.25, -0.2) is 9.18 Å². The Balaban J connectivity index is 1.59. The van der Waals surface area contributed by atoms with Gasteiger partial charge in [0, 0.05) is 38.8 Å². The predicted molar refractivity (Wildman–Crippen MR) is 96.3 cm³/mol. The number of carbonyl (C=O) groups is 2. The number of ether oxygens (including phenoxy) is 1. The third kappa shape index (κ3) is 3.67. The minimum Gasteiger partial charge on any atom is -0.362 e. The van der Waals surface area contributed by atoms with Crippen LogP contribution in [0, 0.1) is 11.7 Å². The van der Waals surface area contributed by atoms with Crippen LogP contribution in [0.3, 0.4) is 0 Å². The maximum Gasteiger partial charge on any atom is 0.321 e. The van der Waals surface area contributed by atoms with Crippen LogP contribution in [0.4, 0.5) is 14.9 Å². The Hall–Kier alpha value is -2.15. The maximum atomic E-state index is 13.0. The van der Waals surface area contributed by atoms with Gasteiger partial charge in [-0.15, -0.1) is 0 Å². The number of nitrogens with one attached hydrogen (secondary N) is 1. The molecule has 6 nitrogen and oxygen atoms in total.